The van der Waals surface area contributed by atoms with Crippen LogP contribution in [0.3, 0.4) is 0 Å². The van der Waals surface area contributed by atoms with Gasteiger partial charge in [-0.3, -0.25) is 0 Å². The molecule has 0 saturated carbocycles. The lowest BCUT2D eigenvalue weighted by Gasteiger charge is -2.06. The predicted molar refractivity (Wildman–Crippen MR) is 96.3 cm³/mol. The van der Waals surface area contributed by atoms with Crippen LogP contribution in [0.1, 0.15) is 10.4 Å². The van der Waals surface area contributed by atoms with Crippen LogP contribution < -0.4 is 0 Å². The lowest BCUT2D eigenvalue weighted by molar-refractivity contribution is 0.0699. The van der Waals surface area contributed by atoms with Crippen molar-refractivity contribution >= 4 is 17.0 Å². The number of hydrogen-bond acceptors (Lipinski definition) is 3. The monoisotopic (exact) mass is 329 g/mol. The summed E-state index contributed by atoms with van der Waals surface area (Å²) in [7, 11) is 1.68. The molecule has 0 amide bonds. The minimum atomic E-state index is -1.01. The maximum absolute atomic E-state index is 11.6. The van der Waals surface area contributed by atoms with Crippen molar-refractivity contribution < 1.29 is 9.90 Å². The molecule has 0 saturated heterocycles. The number of rotatable bonds is 3. The summed E-state index contributed by atoms with van der Waals surface area (Å²) >= 11 is 0. The topological polar surface area (TPSA) is 68.0 Å². The third-order valence-corrected chi connectivity index (χ3v) is 4.14. The number of benzene rings is 3. The second-order valence-electron chi connectivity index (χ2n) is 5.83. The second kappa shape index (κ2) is 5.87. The van der Waals surface area contributed by atoms with E-state index >= 15 is 0 Å². The Hall–Kier alpha value is -3.47. The molecular weight excluding hydrogens is 314 g/mol. The molecule has 3 aromatic carbocycles. The highest BCUT2D eigenvalue weighted by Gasteiger charge is 2.15. The van der Waals surface area contributed by atoms with Crippen LogP contribution in [0.25, 0.3) is 33.3 Å². The normalized spacial score (nSPS) is 10.9. The van der Waals surface area contributed by atoms with Gasteiger partial charge >= 0.3 is 5.97 Å². The quantitative estimate of drug-likeness (QED) is 0.617. The first-order chi connectivity index (χ1) is 12.1. The lowest BCUT2D eigenvalue weighted by Crippen LogP contribution is -1.99. The molecule has 25 heavy (non-hydrogen) atoms. The summed E-state index contributed by atoms with van der Waals surface area (Å²) in [4.78, 5) is 13.0. The van der Waals surface area contributed by atoms with Crippen LogP contribution in [0.5, 0.6) is 0 Å². The first kappa shape index (κ1) is 15.1. The number of aromatic carboxylic acids is 1. The Bertz CT molecular complexity index is 1070. The van der Waals surface area contributed by atoms with Crippen LogP contribution in [0, 0.1) is 0 Å². The molecule has 0 radical (unpaired) electrons. The fourth-order valence-electron chi connectivity index (χ4n) is 2.94. The van der Waals surface area contributed by atoms with Gasteiger partial charge in [-0.1, -0.05) is 54.6 Å². The molecule has 5 heteroatoms. The lowest BCUT2D eigenvalue weighted by atomic mass is 9.98. The van der Waals surface area contributed by atoms with Gasteiger partial charge in [-0.05, 0) is 34.4 Å². The molecule has 0 aliphatic heterocycles. The number of carboxylic acids is 1. The molecule has 5 nitrogen and oxygen atoms in total. The number of aromatic nitrogens is 3. The minimum Gasteiger partial charge on any atom is -0.478 e. The highest BCUT2D eigenvalue weighted by Crippen LogP contribution is 2.28. The van der Waals surface area contributed by atoms with Crippen molar-refractivity contribution in [3.63, 3.8) is 0 Å². The Morgan fingerprint density at radius 3 is 2.08 bits per heavy atom. The molecule has 1 N–H and O–H groups in total. The van der Waals surface area contributed by atoms with E-state index in [1.807, 2.05) is 48.5 Å². The van der Waals surface area contributed by atoms with Crippen LogP contribution in [-0.2, 0) is 7.05 Å². The smallest absolute Gasteiger partial charge is 0.338 e. The summed E-state index contributed by atoms with van der Waals surface area (Å²) in [6, 6.07) is 21.7. The fraction of sp³-hybridized carbons (Fsp3) is 0.0500. The first-order valence-corrected chi connectivity index (χ1v) is 7.86. The molecule has 1 aromatic heterocycles. The molecule has 0 spiro atoms. The molecule has 0 unspecified atom stereocenters. The molecule has 1 heterocycles. The van der Waals surface area contributed by atoms with Gasteiger partial charge in [0.05, 0.1) is 5.56 Å². The van der Waals surface area contributed by atoms with Crippen molar-refractivity contribution in [3.8, 4) is 22.3 Å². The number of fused-ring (bicyclic) bond motifs is 1. The second-order valence-corrected chi connectivity index (χ2v) is 5.83. The molecule has 0 atom stereocenters. The summed E-state index contributed by atoms with van der Waals surface area (Å²) in [5.74, 6) is -1.01. The Labute approximate surface area is 144 Å². The molecule has 4 rings (SSSR count). The Morgan fingerprint density at radius 2 is 1.44 bits per heavy atom. The highest BCUT2D eigenvalue weighted by atomic mass is 16.4. The highest BCUT2D eigenvalue weighted by molar-refractivity contribution is 6.02. The van der Waals surface area contributed by atoms with Crippen molar-refractivity contribution in [1.82, 2.24) is 15.0 Å². The van der Waals surface area contributed by atoms with Crippen LogP contribution in [0.4, 0.5) is 0 Å². The largest absolute Gasteiger partial charge is 0.478 e. The van der Waals surface area contributed by atoms with Crippen molar-refractivity contribution in [2.75, 3.05) is 0 Å². The van der Waals surface area contributed by atoms with E-state index in [0.717, 1.165) is 22.3 Å². The minimum absolute atomic E-state index is 0.160. The summed E-state index contributed by atoms with van der Waals surface area (Å²) in [5.41, 5.74) is 5.14. The van der Waals surface area contributed by atoms with E-state index in [2.05, 4.69) is 22.3 Å². The zero-order valence-corrected chi connectivity index (χ0v) is 13.5. The first-order valence-electron chi connectivity index (χ1n) is 7.86. The van der Waals surface area contributed by atoms with Crippen LogP contribution in [0.15, 0.2) is 66.7 Å². The molecule has 0 fully saturated rings. The van der Waals surface area contributed by atoms with Crippen molar-refractivity contribution in [2.45, 2.75) is 0 Å². The number of carboxylic acid groups (broad SMARTS) is 1. The van der Waals surface area contributed by atoms with Crippen molar-refractivity contribution in [2.24, 2.45) is 7.05 Å². The van der Waals surface area contributed by atoms with Gasteiger partial charge in [0.2, 0.25) is 0 Å². The van der Waals surface area contributed by atoms with Gasteiger partial charge in [0.1, 0.15) is 11.0 Å². The standard InChI is InChI=1S/C20H15N3O2/c1-23-21-18-12-16(11-17(20(24)25)19(18)22-23)15-9-7-14(8-10-15)13-5-3-2-4-6-13/h2-12H,1H3,(H,24,25). The SMILES string of the molecule is Cn1nc2cc(-c3ccc(-c4ccccc4)cc3)cc(C(=O)O)c2n1. The summed E-state index contributed by atoms with van der Waals surface area (Å²) in [6.07, 6.45) is 0. The van der Waals surface area contributed by atoms with E-state index in [9.17, 15) is 9.90 Å². The van der Waals surface area contributed by atoms with Gasteiger partial charge in [-0.2, -0.15) is 15.0 Å². The van der Waals surface area contributed by atoms with Crippen molar-refractivity contribution in [1.29, 1.82) is 0 Å². The van der Waals surface area contributed by atoms with E-state index in [1.165, 1.54) is 4.80 Å². The number of nitrogens with zero attached hydrogens (tertiary/aromatic N) is 3. The van der Waals surface area contributed by atoms with E-state index in [0.29, 0.717) is 11.0 Å². The van der Waals surface area contributed by atoms with Gasteiger partial charge in [-0.25, -0.2) is 4.79 Å². The Balaban J connectivity index is 1.80. The number of hydrogen-bond donors (Lipinski definition) is 1. The average molecular weight is 329 g/mol. The van der Waals surface area contributed by atoms with Gasteiger partial charge in [0.15, 0.2) is 0 Å². The molecule has 4 aromatic rings. The summed E-state index contributed by atoms with van der Waals surface area (Å²) < 4.78 is 0. The zero-order valence-electron chi connectivity index (χ0n) is 13.5. The molecular formula is C20H15N3O2. The van der Waals surface area contributed by atoms with Gasteiger partial charge in [0.25, 0.3) is 0 Å². The molecule has 0 bridgehead atoms. The third kappa shape index (κ3) is 2.76. The van der Waals surface area contributed by atoms with E-state index in [1.54, 1.807) is 13.1 Å². The Morgan fingerprint density at radius 1 is 0.840 bits per heavy atom. The van der Waals surface area contributed by atoms with Gasteiger partial charge < -0.3 is 5.11 Å². The number of aryl methyl sites for hydroxylation is 1. The van der Waals surface area contributed by atoms with Crippen molar-refractivity contribution in [3.05, 3.63) is 72.3 Å². The maximum atomic E-state index is 11.6. The van der Waals surface area contributed by atoms with Crippen LogP contribution in [-0.4, -0.2) is 26.1 Å². The van der Waals surface area contributed by atoms with Crippen LogP contribution >= 0.6 is 0 Å². The molecule has 122 valence electrons. The zero-order chi connectivity index (χ0) is 17.4. The van der Waals surface area contributed by atoms with Gasteiger partial charge in [-0.15, -0.1) is 0 Å². The predicted octanol–water partition coefficient (Wildman–Crippen LogP) is 4.00. The van der Waals surface area contributed by atoms with E-state index in [-0.39, 0.29) is 5.56 Å². The van der Waals surface area contributed by atoms with E-state index < -0.39 is 5.97 Å². The summed E-state index contributed by atoms with van der Waals surface area (Å²) in [6.45, 7) is 0. The Kier molecular flexibility index (Phi) is 3.54. The average Bonchev–Trinajstić information content (AvgIpc) is 3.01. The number of carbonyl (C=O) groups is 1. The van der Waals surface area contributed by atoms with Gasteiger partial charge in [0, 0.05) is 7.05 Å². The fourth-order valence-corrected chi connectivity index (χ4v) is 2.94. The van der Waals surface area contributed by atoms with E-state index in [4.69, 9.17) is 0 Å². The molecule has 0 aliphatic carbocycles. The maximum Gasteiger partial charge on any atom is 0.338 e. The summed E-state index contributed by atoms with van der Waals surface area (Å²) in [5, 5.41) is 17.9. The molecule has 0 aliphatic rings. The van der Waals surface area contributed by atoms with Crippen LogP contribution in [0.2, 0.25) is 0 Å². The third-order valence-electron chi connectivity index (χ3n) is 4.14.